The number of methoxy groups -OCH3 is 1. The molecule has 18 heavy (non-hydrogen) atoms. The number of rotatable bonds is 4. The van der Waals surface area contributed by atoms with Crippen molar-refractivity contribution in [2.24, 2.45) is 5.92 Å². The van der Waals surface area contributed by atoms with Crippen LogP contribution in [0.5, 0.6) is 5.75 Å². The molecule has 4 heteroatoms. The van der Waals surface area contributed by atoms with E-state index < -0.39 is 17.5 Å². The zero-order chi connectivity index (χ0) is 13.3. The number of hydrogen-bond donors (Lipinski definition) is 2. The summed E-state index contributed by atoms with van der Waals surface area (Å²) in [6.45, 7) is 1.79. The average Bonchev–Trinajstić information content (AvgIpc) is 2.68. The first-order valence-electron chi connectivity index (χ1n) is 6.15. The third kappa shape index (κ3) is 1.86. The van der Waals surface area contributed by atoms with Crippen molar-refractivity contribution < 1.29 is 19.7 Å². The van der Waals surface area contributed by atoms with Crippen molar-refractivity contribution in [2.45, 2.75) is 31.8 Å². The van der Waals surface area contributed by atoms with Gasteiger partial charge < -0.3 is 14.9 Å². The van der Waals surface area contributed by atoms with E-state index in [1.807, 2.05) is 12.1 Å². The van der Waals surface area contributed by atoms with Gasteiger partial charge in [0.05, 0.1) is 13.0 Å². The zero-order valence-corrected chi connectivity index (χ0v) is 10.6. The second-order valence-corrected chi connectivity index (χ2v) is 4.75. The fraction of sp³-hybridized carbons (Fsp3) is 0.500. The van der Waals surface area contributed by atoms with Gasteiger partial charge in [-0.3, -0.25) is 4.79 Å². The summed E-state index contributed by atoms with van der Waals surface area (Å²) < 4.78 is 5.15. The van der Waals surface area contributed by atoms with Crippen molar-refractivity contribution in [2.75, 3.05) is 7.11 Å². The molecule has 0 aliphatic heterocycles. The molecule has 0 heterocycles. The van der Waals surface area contributed by atoms with Crippen LogP contribution in [0.4, 0.5) is 0 Å². The number of carbonyl (C=O) groups is 1. The van der Waals surface area contributed by atoms with Crippen molar-refractivity contribution in [3.63, 3.8) is 0 Å². The maximum atomic E-state index is 11.3. The first-order valence-corrected chi connectivity index (χ1v) is 6.15. The van der Waals surface area contributed by atoms with Gasteiger partial charge in [0.15, 0.2) is 0 Å². The van der Waals surface area contributed by atoms with Gasteiger partial charge in [-0.15, -0.1) is 0 Å². The van der Waals surface area contributed by atoms with Crippen molar-refractivity contribution in [1.29, 1.82) is 0 Å². The Kier molecular flexibility index (Phi) is 3.30. The highest BCUT2D eigenvalue weighted by Gasteiger charge is 2.46. The topological polar surface area (TPSA) is 66.8 Å². The lowest BCUT2D eigenvalue weighted by molar-refractivity contribution is -0.153. The van der Waals surface area contributed by atoms with Gasteiger partial charge >= 0.3 is 5.97 Å². The number of carboxylic acid groups (broad SMARTS) is 1. The lowest BCUT2D eigenvalue weighted by Crippen LogP contribution is -2.37. The van der Waals surface area contributed by atoms with Crippen molar-refractivity contribution in [3.8, 4) is 5.75 Å². The zero-order valence-electron chi connectivity index (χ0n) is 10.6. The molecule has 98 valence electrons. The molecule has 0 amide bonds. The number of carboxylic acids is 1. The van der Waals surface area contributed by atoms with Gasteiger partial charge in [-0.05, 0) is 42.5 Å². The molecule has 0 radical (unpaired) electrons. The van der Waals surface area contributed by atoms with Crippen molar-refractivity contribution in [1.82, 2.24) is 0 Å². The van der Waals surface area contributed by atoms with E-state index in [-0.39, 0.29) is 0 Å². The minimum absolute atomic E-state index is 0.405. The van der Waals surface area contributed by atoms with E-state index in [2.05, 4.69) is 0 Å². The van der Waals surface area contributed by atoms with Crippen LogP contribution in [0, 0.1) is 5.92 Å². The minimum Gasteiger partial charge on any atom is -0.497 e. The summed E-state index contributed by atoms with van der Waals surface area (Å²) in [5.74, 6) is -1.07. The molecule has 1 aromatic carbocycles. The van der Waals surface area contributed by atoms with Gasteiger partial charge in [0.1, 0.15) is 11.4 Å². The highest BCUT2D eigenvalue weighted by atomic mass is 16.5. The van der Waals surface area contributed by atoms with Gasteiger partial charge in [0.2, 0.25) is 0 Å². The summed E-state index contributed by atoms with van der Waals surface area (Å²) in [6, 6.07) is 5.50. The number of aliphatic hydroxyl groups is 1. The SMILES string of the molecule is CCC(C(=O)O)C1(O)CCc2ccc(OC)cc21. The molecule has 2 rings (SSSR count). The molecule has 2 atom stereocenters. The monoisotopic (exact) mass is 250 g/mol. The number of fused-ring (bicyclic) bond motifs is 1. The number of hydrogen-bond acceptors (Lipinski definition) is 3. The Morgan fingerprint density at radius 1 is 1.56 bits per heavy atom. The van der Waals surface area contributed by atoms with Gasteiger partial charge in [0, 0.05) is 0 Å². The summed E-state index contributed by atoms with van der Waals surface area (Å²) in [4.78, 5) is 11.3. The molecule has 0 saturated heterocycles. The molecule has 0 fully saturated rings. The second-order valence-electron chi connectivity index (χ2n) is 4.75. The van der Waals surface area contributed by atoms with E-state index in [1.165, 1.54) is 0 Å². The highest BCUT2D eigenvalue weighted by molar-refractivity contribution is 5.72. The van der Waals surface area contributed by atoms with Gasteiger partial charge in [-0.25, -0.2) is 0 Å². The van der Waals surface area contributed by atoms with E-state index in [0.29, 0.717) is 30.6 Å². The molecule has 1 aromatic rings. The van der Waals surface area contributed by atoms with E-state index in [0.717, 1.165) is 5.56 Å². The van der Waals surface area contributed by atoms with Crippen molar-refractivity contribution in [3.05, 3.63) is 29.3 Å². The van der Waals surface area contributed by atoms with E-state index in [9.17, 15) is 15.0 Å². The van der Waals surface area contributed by atoms with E-state index in [1.54, 1.807) is 20.1 Å². The molecule has 0 bridgehead atoms. The average molecular weight is 250 g/mol. The molecular formula is C14H18O4. The maximum absolute atomic E-state index is 11.3. The van der Waals surface area contributed by atoms with Crippen LogP contribution in [0.25, 0.3) is 0 Å². The molecular weight excluding hydrogens is 232 g/mol. The van der Waals surface area contributed by atoms with Crippen LogP contribution < -0.4 is 4.74 Å². The summed E-state index contributed by atoms with van der Waals surface area (Å²) in [7, 11) is 1.56. The minimum atomic E-state index is -1.27. The lowest BCUT2D eigenvalue weighted by Gasteiger charge is -2.30. The van der Waals surface area contributed by atoms with Crippen LogP contribution in [0.3, 0.4) is 0 Å². The Hall–Kier alpha value is -1.55. The normalized spacial score (nSPS) is 23.5. The standard InChI is InChI=1S/C14H18O4/c1-3-11(13(15)16)14(17)7-6-9-4-5-10(18-2)8-12(9)14/h4-5,8,11,17H,3,6-7H2,1-2H3,(H,15,16). The number of aliphatic carboxylic acids is 1. The molecule has 0 aromatic heterocycles. The van der Waals surface area contributed by atoms with E-state index in [4.69, 9.17) is 4.74 Å². The van der Waals surface area contributed by atoms with Crippen LogP contribution in [-0.2, 0) is 16.8 Å². The first-order chi connectivity index (χ1) is 8.52. The Morgan fingerprint density at radius 2 is 2.28 bits per heavy atom. The Labute approximate surface area is 106 Å². The molecule has 4 nitrogen and oxygen atoms in total. The quantitative estimate of drug-likeness (QED) is 0.857. The van der Waals surface area contributed by atoms with E-state index >= 15 is 0 Å². The second kappa shape index (κ2) is 4.61. The molecule has 1 aliphatic rings. The third-order valence-corrected chi connectivity index (χ3v) is 3.84. The predicted octanol–water partition coefficient (Wildman–Crippen LogP) is 1.94. The Balaban J connectivity index is 2.48. The lowest BCUT2D eigenvalue weighted by atomic mass is 9.81. The van der Waals surface area contributed by atoms with Gasteiger partial charge in [0.25, 0.3) is 0 Å². The molecule has 2 unspecified atom stereocenters. The number of benzene rings is 1. The van der Waals surface area contributed by atoms with Crippen LogP contribution in [0.1, 0.15) is 30.9 Å². The maximum Gasteiger partial charge on any atom is 0.309 e. The van der Waals surface area contributed by atoms with Gasteiger partial charge in [-0.1, -0.05) is 13.0 Å². The molecule has 0 saturated carbocycles. The predicted molar refractivity (Wildman–Crippen MR) is 66.6 cm³/mol. The van der Waals surface area contributed by atoms with Crippen molar-refractivity contribution >= 4 is 5.97 Å². The molecule has 0 spiro atoms. The number of ether oxygens (including phenoxy) is 1. The molecule has 1 aliphatic carbocycles. The van der Waals surface area contributed by atoms with Crippen LogP contribution in [0.2, 0.25) is 0 Å². The Morgan fingerprint density at radius 3 is 2.83 bits per heavy atom. The fourth-order valence-electron chi connectivity index (χ4n) is 2.84. The third-order valence-electron chi connectivity index (χ3n) is 3.84. The first kappa shape index (κ1) is 12.9. The summed E-state index contributed by atoms with van der Waals surface area (Å²) in [5.41, 5.74) is 0.443. The largest absolute Gasteiger partial charge is 0.497 e. The Bertz CT molecular complexity index is 469. The summed E-state index contributed by atoms with van der Waals surface area (Å²) >= 11 is 0. The summed E-state index contributed by atoms with van der Waals surface area (Å²) in [5, 5.41) is 20.0. The highest BCUT2D eigenvalue weighted by Crippen LogP contribution is 2.44. The smallest absolute Gasteiger partial charge is 0.309 e. The molecule has 2 N–H and O–H groups in total. The van der Waals surface area contributed by atoms with Crippen LogP contribution in [0.15, 0.2) is 18.2 Å². The van der Waals surface area contributed by atoms with Gasteiger partial charge in [-0.2, -0.15) is 0 Å². The fourth-order valence-corrected chi connectivity index (χ4v) is 2.84. The van der Waals surface area contributed by atoms with Crippen LogP contribution in [-0.4, -0.2) is 23.3 Å². The number of aryl methyl sites for hydroxylation is 1. The summed E-state index contributed by atoms with van der Waals surface area (Å²) in [6.07, 6.45) is 1.57. The van der Waals surface area contributed by atoms with Crippen LogP contribution >= 0.6 is 0 Å².